The smallest absolute Gasteiger partial charge is 0.408 e. The number of aliphatic carboxylic acids is 1. The number of carbonyl (C=O) groups excluding carboxylic acids is 1. The average molecular weight is 339 g/mol. The maximum Gasteiger partial charge on any atom is 0.408 e. The van der Waals surface area contributed by atoms with E-state index < -0.39 is 23.5 Å². The fourth-order valence-electron chi connectivity index (χ4n) is 3.54. The summed E-state index contributed by atoms with van der Waals surface area (Å²) >= 11 is 0. The highest BCUT2D eigenvalue weighted by Crippen LogP contribution is 2.41. The minimum Gasteiger partial charge on any atom is -0.480 e. The fourth-order valence-corrected chi connectivity index (χ4v) is 3.54. The molecule has 5 heteroatoms. The Morgan fingerprint density at radius 1 is 1.38 bits per heavy atom. The van der Waals surface area contributed by atoms with Crippen molar-refractivity contribution in [1.29, 1.82) is 0 Å². The van der Waals surface area contributed by atoms with Crippen molar-refractivity contribution in [3.8, 4) is 0 Å². The molecule has 5 atom stereocenters. The van der Waals surface area contributed by atoms with Gasteiger partial charge in [-0.05, 0) is 48.9 Å². The highest BCUT2D eigenvalue weighted by Gasteiger charge is 2.41. The lowest BCUT2D eigenvalue weighted by molar-refractivity contribution is -0.142. The second-order valence-corrected chi connectivity index (χ2v) is 8.18. The summed E-state index contributed by atoms with van der Waals surface area (Å²) in [6.45, 7) is 13.5. The number of alkyl carbamates (subject to hydrolysis) is 1. The number of ether oxygens (including phenoxy) is 1. The van der Waals surface area contributed by atoms with Crippen LogP contribution in [0.2, 0.25) is 0 Å². The summed E-state index contributed by atoms with van der Waals surface area (Å²) < 4.78 is 5.63. The maximum absolute atomic E-state index is 12.2. The van der Waals surface area contributed by atoms with Gasteiger partial charge >= 0.3 is 12.1 Å². The molecule has 0 aromatic rings. The number of unbranched alkanes of at least 4 members (excludes halogenated alkanes) is 1. The van der Waals surface area contributed by atoms with Gasteiger partial charge in [0.1, 0.15) is 12.1 Å². The molecule has 2 N–H and O–H groups in total. The lowest BCUT2D eigenvalue weighted by atomic mass is 9.87. The van der Waals surface area contributed by atoms with Crippen LogP contribution in [-0.2, 0) is 9.53 Å². The molecule has 0 aromatic heterocycles. The molecule has 0 heterocycles. The maximum atomic E-state index is 12.2. The van der Waals surface area contributed by atoms with Crippen LogP contribution in [0, 0.1) is 23.2 Å². The number of carboxylic acid groups (broad SMARTS) is 1. The molecule has 5 nitrogen and oxygen atoms in total. The van der Waals surface area contributed by atoms with E-state index in [2.05, 4.69) is 25.7 Å². The number of hydrogen-bond donors (Lipinski definition) is 2. The SMILES string of the molecule is C=CCCC[C@@H]1[C@@H](OC(=O)N[C@H](C(=O)O)C(C)(C)C)CC(C)[C@H]1C. The number of allylic oxidation sites excluding steroid dienone is 1. The summed E-state index contributed by atoms with van der Waals surface area (Å²) in [7, 11) is 0. The van der Waals surface area contributed by atoms with Crippen LogP contribution in [0.15, 0.2) is 12.7 Å². The van der Waals surface area contributed by atoms with E-state index in [0.29, 0.717) is 17.8 Å². The Bertz CT molecular complexity index is 455. The van der Waals surface area contributed by atoms with Gasteiger partial charge in [0.2, 0.25) is 0 Å². The summed E-state index contributed by atoms with van der Waals surface area (Å²) in [5.41, 5.74) is -0.579. The Hall–Kier alpha value is -1.52. The molecule has 138 valence electrons. The Labute approximate surface area is 145 Å². The monoisotopic (exact) mass is 339 g/mol. The molecule has 0 spiro atoms. The highest BCUT2D eigenvalue weighted by atomic mass is 16.6. The number of carboxylic acids is 1. The second kappa shape index (κ2) is 8.54. The van der Waals surface area contributed by atoms with Crippen molar-refractivity contribution in [2.45, 2.75) is 72.4 Å². The third-order valence-electron chi connectivity index (χ3n) is 5.23. The van der Waals surface area contributed by atoms with Gasteiger partial charge in [0.25, 0.3) is 0 Å². The van der Waals surface area contributed by atoms with Crippen molar-refractivity contribution in [1.82, 2.24) is 5.32 Å². The summed E-state index contributed by atoms with van der Waals surface area (Å²) in [6, 6.07) is -0.972. The molecule has 0 aliphatic heterocycles. The van der Waals surface area contributed by atoms with Crippen molar-refractivity contribution in [2.75, 3.05) is 0 Å². The number of amides is 1. The zero-order valence-corrected chi connectivity index (χ0v) is 15.7. The molecule has 0 radical (unpaired) electrons. The summed E-state index contributed by atoms with van der Waals surface area (Å²) in [5, 5.41) is 11.8. The molecule has 0 aromatic carbocycles. The first kappa shape index (κ1) is 20.5. The largest absolute Gasteiger partial charge is 0.480 e. The summed E-state index contributed by atoms with van der Waals surface area (Å²) in [5.74, 6) is 0.263. The minimum atomic E-state index is -1.05. The van der Waals surface area contributed by atoms with Crippen LogP contribution in [0.1, 0.15) is 60.3 Å². The van der Waals surface area contributed by atoms with Gasteiger partial charge in [-0.15, -0.1) is 6.58 Å². The van der Waals surface area contributed by atoms with Gasteiger partial charge in [-0.1, -0.05) is 40.7 Å². The summed E-state index contributed by atoms with van der Waals surface area (Å²) in [6.07, 6.45) is 4.96. The van der Waals surface area contributed by atoms with E-state index in [1.165, 1.54) is 0 Å². The zero-order chi connectivity index (χ0) is 18.5. The van der Waals surface area contributed by atoms with E-state index >= 15 is 0 Å². The molecule has 1 aliphatic rings. The molecule has 1 amide bonds. The number of rotatable bonds is 7. The van der Waals surface area contributed by atoms with Crippen LogP contribution in [-0.4, -0.2) is 29.3 Å². The van der Waals surface area contributed by atoms with Gasteiger partial charge in [0.15, 0.2) is 0 Å². The molecule has 1 fully saturated rings. The topological polar surface area (TPSA) is 75.6 Å². The third kappa shape index (κ3) is 5.53. The van der Waals surface area contributed by atoms with Crippen molar-refractivity contribution in [3.63, 3.8) is 0 Å². The predicted octanol–water partition coefficient (Wildman–Crippen LogP) is 4.23. The van der Waals surface area contributed by atoms with E-state index in [0.717, 1.165) is 25.7 Å². The molecule has 0 bridgehead atoms. The predicted molar refractivity (Wildman–Crippen MR) is 94.8 cm³/mol. The van der Waals surface area contributed by atoms with Crippen molar-refractivity contribution in [2.24, 2.45) is 23.2 Å². The Balaban J connectivity index is 2.69. The minimum absolute atomic E-state index is 0.144. The van der Waals surface area contributed by atoms with Crippen LogP contribution in [0.3, 0.4) is 0 Å². The average Bonchev–Trinajstić information content (AvgIpc) is 2.71. The quantitative estimate of drug-likeness (QED) is 0.537. The lowest BCUT2D eigenvalue weighted by Crippen LogP contribution is -2.50. The van der Waals surface area contributed by atoms with Gasteiger partial charge in [-0.3, -0.25) is 0 Å². The van der Waals surface area contributed by atoms with Crippen molar-refractivity contribution >= 4 is 12.1 Å². The van der Waals surface area contributed by atoms with Gasteiger partial charge in [-0.25, -0.2) is 9.59 Å². The number of hydrogen-bond acceptors (Lipinski definition) is 3. The molecule has 1 unspecified atom stereocenters. The van der Waals surface area contributed by atoms with Crippen LogP contribution in [0.25, 0.3) is 0 Å². The van der Waals surface area contributed by atoms with Gasteiger partial charge in [0, 0.05) is 0 Å². The van der Waals surface area contributed by atoms with Crippen LogP contribution in [0.5, 0.6) is 0 Å². The Kier molecular flexibility index (Phi) is 7.30. The first-order chi connectivity index (χ1) is 11.1. The molecule has 0 saturated heterocycles. The van der Waals surface area contributed by atoms with E-state index in [4.69, 9.17) is 4.74 Å². The van der Waals surface area contributed by atoms with Gasteiger partial charge in [-0.2, -0.15) is 0 Å². The van der Waals surface area contributed by atoms with Crippen LogP contribution < -0.4 is 5.32 Å². The Morgan fingerprint density at radius 2 is 2.00 bits per heavy atom. The van der Waals surface area contributed by atoms with Crippen LogP contribution >= 0.6 is 0 Å². The van der Waals surface area contributed by atoms with Crippen LogP contribution in [0.4, 0.5) is 4.79 Å². The van der Waals surface area contributed by atoms with E-state index in [1.54, 1.807) is 20.8 Å². The summed E-state index contributed by atoms with van der Waals surface area (Å²) in [4.78, 5) is 23.6. The second-order valence-electron chi connectivity index (χ2n) is 8.18. The first-order valence-corrected chi connectivity index (χ1v) is 8.88. The molecule has 24 heavy (non-hydrogen) atoms. The van der Waals surface area contributed by atoms with E-state index in [9.17, 15) is 14.7 Å². The number of nitrogens with one attached hydrogen (secondary N) is 1. The normalized spacial score (nSPS) is 28.2. The molecule has 1 saturated carbocycles. The van der Waals surface area contributed by atoms with Crippen molar-refractivity contribution in [3.05, 3.63) is 12.7 Å². The van der Waals surface area contributed by atoms with Gasteiger partial charge < -0.3 is 15.2 Å². The zero-order valence-electron chi connectivity index (χ0n) is 15.7. The molecular formula is C19H33NO4. The number of carbonyl (C=O) groups is 2. The van der Waals surface area contributed by atoms with Gasteiger partial charge in [0.05, 0.1) is 0 Å². The standard InChI is InChI=1S/C19H33NO4/c1-7-8-9-10-14-13(3)12(2)11-15(14)24-18(23)20-16(17(21)22)19(4,5)6/h7,12-16H,1,8-11H2,2-6H3,(H,20,23)(H,21,22)/t12?,13-,14+,15+,16-/m1/s1. The first-order valence-electron chi connectivity index (χ1n) is 8.88. The fraction of sp³-hybridized carbons (Fsp3) is 0.789. The van der Waals surface area contributed by atoms with E-state index in [1.807, 2.05) is 6.08 Å². The molecular weight excluding hydrogens is 306 g/mol. The Morgan fingerprint density at radius 3 is 2.50 bits per heavy atom. The van der Waals surface area contributed by atoms with Crippen molar-refractivity contribution < 1.29 is 19.4 Å². The lowest BCUT2D eigenvalue weighted by Gasteiger charge is -2.29. The molecule has 1 aliphatic carbocycles. The highest BCUT2D eigenvalue weighted by molar-refractivity contribution is 5.80. The molecule has 1 rings (SSSR count). The van der Waals surface area contributed by atoms with E-state index in [-0.39, 0.29) is 6.10 Å². The third-order valence-corrected chi connectivity index (χ3v) is 5.23.